The molecule has 14 heavy (non-hydrogen) atoms. The van der Waals surface area contributed by atoms with Crippen molar-refractivity contribution in [2.75, 3.05) is 0 Å². The molecular formula is C12H23O2. The van der Waals surface area contributed by atoms with Crippen LogP contribution in [0.5, 0.6) is 0 Å². The number of rotatable bonds is 10. The smallest absolute Gasteiger partial charge is 0.303 e. The van der Waals surface area contributed by atoms with Crippen LogP contribution in [0.15, 0.2) is 0 Å². The highest BCUT2D eigenvalue weighted by molar-refractivity contribution is 5.66. The highest BCUT2D eigenvalue weighted by atomic mass is 16.4. The molecule has 0 saturated carbocycles. The lowest BCUT2D eigenvalue weighted by Gasteiger charge is -2.00. The van der Waals surface area contributed by atoms with Crippen LogP contribution < -0.4 is 0 Å². The number of carboxylic acids is 1. The molecule has 0 amide bonds. The fourth-order valence-corrected chi connectivity index (χ4v) is 1.51. The van der Waals surface area contributed by atoms with E-state index in [2.05, 4.69) is 6.92 Å². The van der Waals surface area contributed by atoms with Crippen LogP contribution >= 0.6 is 0 Å². The summed E-state index contributed by atoms with van der Waals surface area (Å²) in [5.41, 5.74) is 0. The van der Waals surface area contributed by atoms with Crippen LogP contribution in [0.25, 0.3) is 0 Å². The lowest BCUT2D eigenvalue weighted by molar-refractivity contribution is -0.137. The van der Waals surface area contributed by atoms with Crippen molar-refractivity contribution >= 4 is 5.97 Å². The summed E-state index contributed by atoms with van der Waals surface area (Å²) in [4.78, 5) is 10.2. The van der Waals surface area contributed by atoms with E-state index >= 15 is 0 Å². The summed E-state index contributed by atoms with van der Waals surface area (Å²) in [5.74, 6) is -0.666. The highest BCUT2D eigenvalue weighted by Gasteiger charge is 1.96. The van der Waals surface area contributed by atoms with Crippen molar-refractivity contribution < 1.29 is 9.90 Å². The second kappa shape index (κ2) is 10.6. The normalized spacial score (nSPS) is 10.4. The van der Waals surface area contributed by atoms with E-state index in [0.29, 0.717) is 6.42 Å². The van der Waals surface area contributed by atoms with E-state index in [9.17, 15) is 4.79 Å². The number of hydrogen-bond acceptors (Lipinski definition) is 1. The van der Waals surface area contributed by atoms with E-state index in [1.165, 1.54) is 38.5 Å². The summed E-state index contributed by atoms with van der Waals surface area (Å²) < 4.78 is 0. The van der Waals surface area contributed by atoms with Gasteiger partial charge in [0.2, 0.25) is 0 Å². The van der Waals surface area contributed by atoms with E-state index in [-0.39, 0.29) is 0 Å². The van der Waals surface area contributed by atoms with Crippen LogP contribution in [-0.4, -0.2) is 11.1 Å². The Morgan fingerprint density at radius 3 is 1.71 bits per heavy atom. The number of aliphatic carboxylic acids is 1. The fourth-order valence-electron chi connectivity index (χ4n) is 1.51. The van der Waals surface area contributed by atoms with Crippen molar-refractivity contribution in [2.45, 2.75) is 64.2 Å². The minimum atomic E-state index is -0.666. The standard InChI is InChI=1S/C12H23O2/c1-2-3-4-5-6-7-8-9-10-11-12(13)14/h1-11H2,(H,13,14). The van der Waals surface area contributed by atoms with Crippen molar-refractivity contribution in [1.29, 1.82) is 0 Å². The highest BCUT2D eigenvalue weighted by Crippen LogP contribution is 2.10. The van der Waals surface area contributed by atoms with Crippen molar-refractivity contribution in [1.82, 2.24) is 0 Å². The SMILES string of the molecule is [CH2]CCCCCCCCCCC(=O)O. The monoisotopic (exact) mass is 199 g/mol. The van der Waals surface area contributed by atoms with Gasteiger partial charge in [0.1, 0.15) is 0 Å². The van der Waals surface area contributed by atoms with E-state index < -0.39 is 5.97 Å². The molecule has 2 nitrogen and oxygen atoms in total. The zero-order chi connectivity index (χ0) is 10.6. The van der Waals surface area contributed by atoms with Crippen molar-refractivity contribution in [3.05, 3.63) is 6.92 Å². The van der Waals surface area contributed by atoms with Gasteiger partial charge in [0.25, 0.3) is 0 Å². The molecule has 1 radical (unpaired) electrons. The average molecular weight is 199 g/mol. The second-order valence-electron chi connectivity index (χ2n) is 3.83. The molecule has 0 aromatic carbocycles. The maximum absolute atomic E-state index is 10.2. The third-order valence-corrected chi connectivity index (χ3v) is 2.39. The Morgan fingerprint density at radius 2 is 1.29 bits per heavy atom. The van der Waals surface area contributed by atoms with Crippen LogP contribution in [0, 0.1) is 6.92 Å². The largest absolute Gasteiger partial charge is 0.481 e. The molecule has 0 bridgehead atoms. The van der Waals surface area contributed by atoms with E-state index in [1.54, 1.807) is 0 Å². The lowest BCUT2D eigenvalue weighted by atomic mass is 10.1. The fraction of sp³-hybridized carbons (Fsp3) is 0.833. The van der Waals surface area contributed by atoms with E-state index in [1.807, 2.05) is 0 Å². The van der Waals surface area contributed by atoms with Gasteiger partial charge in [-0.15, -0.1) is 0 Å². The summed E-state index contributed by atoms with van der Waals surface area (Å²) >= 11 is 0. The van der Waals surface area contributed by atoms with Gasteiger partial charge in [-0.25, -0.2) is 0 Å². The van der Waals surface area contributed by atoms with Gasteiger partial charge in [0.05, 0.1) is 0 Å². The first-order chi connectivity index (χ1) is 6.77. The first kappa shape index (κ1) is 13.5. The molecular weight excluding hydrogens is 176 g/mol. The lowest BCUT2D eigenvalue weighted by Crippen LogP contribution is -1.93. The molecule has 0 rings (SSSR count). The van der Waals surface area contributed by atoms with Crippen molar-refractivity contribution in [3.8, 4) is 0 Å². The van der Waals surface area contributed by atoms with Crippen molar-refractivity contribution in [3.63, 3.8) is 0 Å². The van der Waals surface area contributed by atoms with E-state index in [0.717, 1.165) is 19.3 Å². The van der Waals surface area contributed by atoms with Gasteiger partial charge in [-0.05, 0) is 6.42 Å². The minimum Gasteiger partial charge on any atom is -0.481 e. The Morgan fingerprint density at radius 1 is 0.857 bits per heavy atom. The zero-order valence-electron chi connectivity index (χ0n) is 9.13. The molecule has 0 aromatic rings. The van der Waals surface area contributed by atoms with Gasteiger partial charge in [0.15, 0.2) is 0 Å². The van der Waals surface area contributed by atoms with Gasteiger partial charge < -0.3 is 5.11 Å². The Balaban J connectivity index is 2.88. The number of hydrogen-bond donors (Lipinski definition) is 1. The molecule has 0 saturated heterocycles. The molecule has 0 aliphatic heterocycles. The van der Waals surface area contributed by atoms with Crippen LogP contribution in [0.1, 0.15) is 64.2 Å². The molecule has 2 heteroatoms. The molecule has 0 atom stereocenters. The topological polar surface area (TPSA) is 37.3 Å². The molecule has 0 fully saturated rings. The molecule has 0 aliphatic rings. The molecule has 0 aromatic heterocycles. The summed E-state index contributed by atoms with van der Waals surface area (Å²) in [6, 6.07) is 0. The second-order valence-corrected chi connectivity index (χ2v) is 3.83. The third kappa shape index (κ3) is 11.5. The van der Waals surface area contributed by atoms with Gasteiger partial charge in [-0.3, -0.25) is 4.79 Å². The average Bonchev–Trinajstić information content (AvgIpc) is 2.15. The first-order valence-corrected chi connectivity index (χ1v) is 5.78. The molecule has 0 spiro atoms. The summed E-state index contributed by atoms with van der Waals surface area (Å²) in [5, 5.41) is 8.41. The first-order valence-electron chi connectivity index (χ1n) is 5.78. The summed E-state index contributed by atoms with van der Waals surface area (Å²) in [6.07, 6.45) is 10.9. The van der Waals surface area contributed by atoms with Crippen LogP contribution in [-0.2, 0) is 4.79 Å². The summed E-state index contributed by atoms with van der Waals surface area (Å²) in [6.45, 7) is 3.80. The molecule has 0 aliphatic carbocycles. The summed E-state index contributed by atoms with van der Waals surface area (Å²) in [7, 11) is 0. The number of carboxylic acid groups (broad SMARTS) is 1. The van der Waals surface area contributed by atoms with Gasteiger partial charge >= 0.3 is 5.97 Å². The zero-order valence-corrected chi connectivity index (χ0v) is 9.13. The molecule has 1 N–H and O–H groups in total. The van der Waals surface area contributed by atoms with Crippen molar-refractivity contribution in [2.24, 2.45) is 0 Å². The van der Waals surface area contributed by atoms with E-state index in [4.69, 9.17) is 5.11 Å². The molecule has 83 valence electrons. The third-order valence-electron chi connectivity index (χ3n) is 2.39. The van der Waals surface area contributed by atoms with Crippen LogP contribution in [0.4, 0.5) is 0 Å². The minimum absolute atomic E-state index is 0.335. The Bertz CT molecular complexity index is 132. The van der Waals surface area contributed by atoms with Crippen LogP contribution in [0.2, 0.25) is 0 Å². The Hall–Kier alpha value is -0.530. The number of unbranched alkanes of at least 4 members (excludes halogenated alkanes) is 8. The predicted molar refractivity (Wildman–Crippen MR) is 59.2 cm³/mol. The maximum atomic E-state index is 10.2. The van der Waals surface area contributed by atoms with Gasteiger partial charge in [0, 0.05) is 6.42 Å². The Kier molecular flexibility index (Phi) is 10.2. The molecule has 0 heterocycles. The van der Waals surface area contributed by atoms with Gasteiger partial charge in [-0.1, -0.05) is 58.3 Å². The quantitative estimate of drug-likeness (QED) is 0.543. The van der Waals surface area contributed by atoms with Crippen LogP contribution in [0.3, 0.4) is 0 Å². The predicted octanol–water partition coefficient (Wildman–Crippen LogP) is 3.81. The van der Waals surface area contributed by atoms with Gasteiger partial charge in [-0.2, -0.15) is 0 Å². The number of carbonyl (C=O) groups is 1. The molecule has 0 unspecified atom stereocenters. The maximum Gasteiger partial charge on any atom is 0.303 e. The Labute approximate surface area is 87.7 Å².